The number of primary amides is 1. The fourth-order valence-corrected chi connectivity index (χ4v) is 2.82. The first-order valence-corrected chi connectivity index (χ1v) is 7.96. The van der Waals surface area contributed by atoms with Crippen LogP contribution in [-0.4, -0.2) is 16.4 Å². The summed E-state index contributed by atoms with van der Waals surface area (Å²) in [5.41, 5.74) is 7.31. The van der Waals surface area contributed by atoms with Crippen LogP contribution >= 0.6 is 0 Å². The number of rotatable bonds is 5. The predicted molar refractivity (Wildman–Crippen MR) is 94.6 cm³/mol. The molecule has 3 rings (SSSR count). The highest BCUT2D eigenvalue weighted by Gasteiger charge is 2.17. The van der Waals surface area contributed by atoms with Gasteiger partial charge >= 0.3 is 0 Å². The number of carbonyl (C=O) groups is 2. The van der Waals surface area contributed by atoms with Gasteiger partial charge in [-0.1, -0.05) is 0 Å². The zero-order valence-corrected chi connectivity index (χ0v) is 14.4. The molecule has 3 aromatic rings. The summed E-state index contributed by atoms with van der Waals surface area (Å²) in [7, 11) is 0. The minimum absolute atomic E-state index is 0.272. The van der Waals surface area contributed by atoms with Crippen LogP contribution in [0.15, 0.2) is 47.1 Å². The van der Waals surface area contributed by atoms with Crippen LogP contribution in [0.2, 0.25) is 0 Å². The fraction of sp³-hybridized carbons (Fsp3) is 0.158. The van der Waals surface area contributed by atoms with Gasteiger partial charge in [0.1, 0.15) is 11.6 Å². The maximum Gasteiger partial charge on any atom is 0.257 e. The van der Waals surface area contributed by atoms with Crippen molar-refractivity contribution in [1.29, 1.82) is 0 Å². The van der Waals surface area contributed by atoms with Crippen LogP contribution in [0.5, 0.6) is 0 Å². The van der Waals surface area contributed by atoms with Crippen LogP contribution in [0.4, 0.5) is 10.1 Å². The van der Waals surface area contributed by atoms with E-state index in [9.17, 15) is 14.0 Å². The van der Waals surface area contributed by atoms with Crippen molar-refractivity contribution < 1.29 is 18.4 Å². The molecule has 6 nitrogen and oxygen atoms in total. The van der Waals surface area contributed by atoms with Gasteiger partial charge in [0, 0.05) is 17.1 Å². The molecule has 0 aliphatic heterocycles. The molecule has 2 aromatic heterocycles. The molecule has 1 aromatic carbocycles. The van der Waals surface area contributed by atoms with E-state index in [4.69, 9.17) is 10.2 Å². The average molecular weight is 355 g/mol. The largest absolute Gasteiger partial charge is 0.467 e. The molecule has 2 amide bonds. The summed E-state index contributed by atoms with van der Waals surface area (Å²) in [5, 5.41) is 2.67. The van der Waals surface area contributed by atoms with E-state index in [0.29, 0.717) is 17.8 Å². The molecule has 0 fully saturated rings. The summed E-state index contributed by atoms with van der Waals surface area (Å²) >= 11 is 0. The zero-order chi connectivity index (χ0) is 18.8. The molecule has 3 N–H and O–H groups in total. The first kappa shape index (κ1) is 17.5. The number of anilines is 1. The Bertz CT molecular complexity index is 974. The van der Waals surface area contributed by atoms with Crippen molar-refractivity contribution in [2.45, 2.75) is 20.4 Å². The lowest BCUT2D eigenvalue weighted by Gasteiger charge is -2.09. The third-order valence-corrected chi connectivity index (χ3v) is 4.20. The van der Waals surface area contributed by atoms with Crippen LogP contribution < -0.4 is 11.1 Å². The van der Waals surface area contributed by atoms with Crippen LogP contribution in [-0.2, 0) is 6.54 Å². The van der Waals surface area contributed by atoms with Crippen molar-refractivity contribution in [2.24, 2.45) is 5.73 Å². The number of hydrogen-bond donors (Lipinski definition) is 2. The van der Waals surface area contributed by atoms with Gasteiger partial charge in [0.25, 0.3) is 11.8 Å². The molecule has 0 saturated heterocycles. The number of nitrogens with one attached hydrogen (secondary N) is 1. The van der Waals surface area contributed by atoms with Gasteiger partial charge in [0.15, 0.2) is 0 Å². The highest BCUT2D eigenvalue weighted by Crippen LogP contribution is 2.20. The molecular formula is C19H18FN3O3. The number of nitrogens with zero attached hydrogens (tertiary/aromatic N) is 1. The molecular weight excluding hydrogens is 337 g/mol. The van der Waals surface area contributed by atoms with Gasteiger partial charge in [-0.25, -0.2) is 4.39 Å². The van der Waals surface area contributed by atoms with E-state index >= 15 is 0 Å². The van der Waals surface area contributed by atoms with E-state index < -0.39 is 11.7 Å². The summed E-state index contributed by atoms with van der Waals surface area (Å²) in [6, 6.07) is 9.13. The Morgan fingerprint density at radius 3 is 2.62 bits per heavy atom. The quantitative estimate of drug-likeness (QED) is 0.736. The molecule has 0 aliphatic carbocycles. The van der Waals surface area contributed by atoms with E-state index in [-0.39, 0.29) is 11.5 Å². The van der Waals surface area contributed by atoms with Crippen molar-refractivity contribution in [3.63, 3.8) is 0 Å². The van der Waals surface area contributed by atoms with Crippen molar-refractivity contribution in [3.05, 3.63) is 76.8 Å². The summed E-state index contributed by atoms with van der Waals surface area (Å²) < 4.78 is 20.9. The summed E-state index contributed by atoms with van der Waals surface area (Å²) in [4.78, 5) is 23.9. The Morgan fingerprint density at radius 2 is 1.96 bits per heavy atom. The first-order chi connectivity index (χ1) is 12.4. The van der Waals surface area contributed by atoms with Crippen molar-refractivity contribution in [1.82, 2.24) is 4.57 Å². The third kappa shape index (κ3) is 3.37. The molecule has 0 atom stereocenters. The second kappa shape index (κ2) is 6.87. The van der Waals surface area contributed by atoms with Gasteiger partial charge in [0.2, 0.25) is 0 Å². The second-order valence-corrected chi connectivity index (χ2v) is 5.96. The molecule has 134 valence electrons. The lowest BCUT2D eigenvalue weighted by molar-refractivity contribution is 0.0992. The summed E-state index contributed by atoms with van der Waals surface area (Å²) in [6.07, 6.45) is 1.60. The van der Waals surface area contributed by atoms with Gasteiger partial charge in [-0.2, -0.15) is 0 Å². The Hall–Kier alpha value is -3.35. The minimum Gasteiger partial charge on any atom is -0.467 e. The molecule has 0 spiro atoms. The molecule has 7 heteroatoms. The molecule has 0 radical (unpaired) electrons. The predicted octanol–water partition coefficient (Wildman–Crippen LogP) is 3.24. The van der Waals surface area contributed by atoms with Gasteiger partial charge in [0.05, 0.1) is 23.9 Å². The number of aryl methyl sites for hydroxylation is 1. The Kier molecular flexibility index (Phi) is 4.62. The van der Waals surface area contributed by atoms with E-state index in [2.05, 4.69) is 5.32 Å². The number of amides is 2. The monoisotopic (exact) mass is 355 g/mol. The fourth-order valence-electron chi connectivity index (χ4n) is 2.82. The summed E-state index contributed by atoms with van der Waals surface area (Å²) in [5.74, 6) is -1.20. The van der Waals surface area contributed by atoms with E-state index in [1.807, 2.05) is 30.5 Å². The number of aromatic nitrogens is 1. The average Bonchev–Trinajstić information content (AvgIpc) is 3.20. The second-order valence-electron chi connectivity index (χ2n) is 5.96. The number of nitrogens with two attached hydrogens (primary N) is 1. The number of carbonyl (C=O) groups excluding carboxylic acids is 2. The van der Waals surface area contributed by atoms with Crippen LogP contribution in [0, 0.1) is 19.7 Å². The Morgan fingerprint density at radius 1 is 1.19 bits per heavy atom. The van der Waals surface area contributed by atoms with Gasteiger partial charge in [-0.3, -0.25) is 9.59 Å². The smallest absolute Gasteiger partial charge is 0.257 e. The third-order valence-electron chi connectivity index (χ3n) is 4.20. The lowest BCUT2D eigenvalue weighted by atomic mass is 10.1. The maximum absolute atomic E-state index is 13.6. The van der Waals surface area contributed by atoms with Gasteiger partial charge < -0.3 is 20.0 Å². The van der Waals surface area contributed by atoms with Crippen LogP contribution in [0.1, 0.15) is 37.9 Å². The highest BCUT2D eigenvalue weighted by atomic mass is 19.1. The van der Waals surface area contributed by atoms with Gasteiger partial charge in [-0.05, 0) is 50.2 Å². The molecule has 0 aliphatic rings. The molecule has 0 bridgehead atoms. The highest BCUT2D eigenvalue weighted by molar-refractivity contribution is 6.06. The van der Waals surface area contributed by atoms with Crippen molar-refractivity contribution >= 4 is 17.5 Å². The summed E-state index contributed by atoms with van der Waals surface area (Å²) in [6.45, 7) is 4.25. The number of hydrogen-bond acceptors (Lipinski definition) is 3. The number of furan rings is 1. The van der Waals surface area contributed by atoms with E-state index in [0.717, 1.165) is 23.2 Å². The topological polar surface area (TPSA) is 90.3 Å². The minimum atomic E-state index is -0.893. The van der Waals surface area contributed by atoms with Crippen molar-refractivity contribution in [2.75, 3.05) is 5.32 Å². The van der Waals surface area contributed by atoms with Gasteiger partial charge in [-0.15, -0.1) is 0 Å². The zero-order valence-electron chi connectivity index (χ0n) is 14.4. The molecule has 2 heterocycles. The lowest BCUT2D eigenvalue weighted by Crippen LogP contribution is -2.16. The molecule has 26 heavy (non-hydrogen) atoms. The molecule has 0 saturated carbocycles. The SMILES string of the molecule is Cc1cc(C(=O)Nc2ccc(F)c(C(N)=O)c2)c(C)n1Cc1ccco1. The maximum atomic E-state index is 13.6. The van der Waals surface area contributed by atoms with Crippen LogP contribution in [0.3, 0.4) is 0 Å². The standard InChI is InChI=1S/C19H18FN3O3/c1-11-8-15(12(2)23(11)10-14-4-3-7-26-14)19(25)22-13-5-6-17(20)16(9-13)18(21)24/h3-9H,10H2,1-2H3,(H2,21,24)(H,22,25). The Balaban J connectivity index is 1.85. The normalized spacial score (nSPS) is 10.7. The van der Waals surface area contributed by atoms with Crippen LogP contribution in [0.25, 0.3) is 0 Å². The number of benzene rings is 1. The molecule has 0 unspecified atom stereocenters. The van der Waals surface area contributed by atoms with E-state index in [1.165, 1.54) is 12.1 Å². The van der Waals surface area contributed by atoms with E-state index in [1.54, 1.807) is 12.3 Å². The first-order valence-electron chi connectivity index (χ1n) is 7.96. The Labute approximate surface area is 149 Å². The number of halogens is 1. The van der Waals surface area contributed by atoms with Crippen molar-refractivity contribution in [3.8, 4) is 0 Å².